The third-order valence-electron chi connectivity index (χ3n) is 2.52. The smallest absolute Gasteiger partial charge is 0.159 e. The van der Waals surface area contributed by atoms with Crippen LogP contribution in [0, 0.1) is 34.3 Å². The SMILES string of the molecule is N#Cc1c(C#N)c(O)c2cc(F)c(F)cc2c1O. The molecule has 0 heterocycles. The van der Waals surface area contributed by atoms with E-state index in [4.69, 9.17) is 10.5 Å². The number of hydrogen-bond acceptors (Lipinski definition) is 4. The molecule has 0 fully saturated rings. The van der Waals surface area contributed by atoms with E-state index in [0.29, 0.717) is 12.1 Å². The van der Waals surface area contributed by atoms with Gasteiger partial charge in [-0.3, -0.25) is 0 Å². The summed E-state index contributed by atoms with van der Waals surface area (Å²) in [6, 6.07) is 4.38. The van der Waals surface area contributed by atoms with Crippen LogP contribution in [0.2, 0.25) is 0 Å². The summed E-state index contributed by atoms with van der Waals surface area (Å²) in [6.45, 7) is 0. The van der Waals surface area contributed by atoms with E-state index in [2.05, 4.69) is 0 Å². The highest BCUT2D eigenvalue weighted by Crippen LogP contribution is 2.39. The maximum Gasteiger partial charge on any atom is 0.159 e. The first-order valence-electron chi connectivity index (χ1n) is 4.68. The van der Waals surface area contributed by atoms with Crippen LogP contribution in [0.15, 0.2) is 12.1 Å². The fourth-order valence-corrected chi connectivity index (χ4v) is 1.66. The number of hydrogen-bond donors (Lipinski definition) is 2. The predicted octanol–water partition coefficient (Wildman–Crippen LogP) is 2.27. The second-order valence-electron chi connectivity index (χ2n) is 3.48. The molecule has 0 saturated carbocycles. The van der Waals surface area contributed by atoms with Crippen molar-refractivity contribution in [3.63, 3.8) is 0 Å². The van der Waals surface area contributed by atoms with E-state index in [1.807, 2.05) is 0 Å². The van der Waals surface area contributed by atoms with Crippen molar-refractivity contribution in [1.29, 1.82) is 10.5 Å². The minimum absolute atomic E-state index is 0.234. The Morgan fingerprint density at radius 2 is 1.17 bits per heavy atom. The lowest BCUT2D eigenvalue weighted by Gasteiger charge is -2.08. The first kappa shape index (κ1) is 11.6. The first-order valence-corrected chi connectivity index (χ1v) is 4.68. The van der Waals surface area contributed by atoms with Crippen LogP contribution >= 0.6 is 0 Å². The molecule has 6 heteroatoms. The van der Waals surface area contributed by atoms with Gasteiger partial charge in [0.2, 0.25) is 0 Å². The topological polar surface area (TPSA) is 88.0 Å². The first-order chi connectivity index (χ1) is 8.51. The Hall–Kier alpha value is -2.86. The molecule has 2 rings (SSSR count). The van der Waals surface area contributed by atoms with E-state index in [1.54, 1.807) is 0 Å². The molecule has 2 aromatic rings. The second-order valence-corrected chi connectivity index (χ2v) is 3.48. The van der Waals surface area contributed by atoms with Gasteiger partial charge in [-0.25, -0.2) is 8.78 Å². The summed E-state index contributed by atoms with van der Waals surface area (Å²) in [7, 11) is 0. The standard InChI is InChI=1S/C12H4F2N2O2/c13-9-1-5-6(2-10(9)14)12(18)8(4-16)7(3-15)11(5)17/h1-2,17-18H. The van der Waals surface area contributed by atoms with E-state index >= 15 is 0 Å². The summed E-state index contributed by atoms with van der Waals surface area (Å²) in [6.07, 6.45) is 0. The van der Waals surface area contributed by atoms with Gasteiger partial charge in [0.05, 0.1) is 0 Å². The summed E-state index contributed by atoms with van der Waals surface area (Å²) < 4.78 is 26.1. The third kappa shape index (κ3) is 1.40. The molecule has 0 unspecified atom stereocenters. The Morgan fingerprint density at radius 3 is 1.44 bits per heavy atom. The Bertz CT molecular complexity index is 693. The highest BCUT2D eigenvalue weighted by atomic mass is 19.2. The molecule has 0 atom stereocenters. The van der Waals surface area contributed by atoms with Crippen LogP contribution in [-0.4, -0.2) is 10.2 Å². The van der Waals surface area contributed by atoms with Crippen molar-refractivity contribution < 1.29 is 19.0 Å². The molecular formula is C12H4F2N2O2. The van der Waals surface area contributed by atoms with Crippen LogP contribution in [0.5, 0.6) is 11.5 Å². The van der Waals surface area contributed by atoms with Gasteiger partial charge in [0.25, 0.3) is 0 Å². The summed E-state index contributed by atoms with van der Waals surface area (Å²) in [4.78, 5) is 0. The molecule has 0 saturated heterocycles. The number of benzene rings is 2. The van der Waals surface area contributed by atoms with Gasteiger partial charge in [-0.05, 0) is 12.1 Å². The number of aromatic hydroxyl groups is 2. The lowest BCUT2D eigenvalue weighted by molar-refractivity contribution is 0.464. The average molecular weight is 246 g/mol. The molecule has 4 nitrogen and oxygen atoms in total. The molecule has 0 aliphatic carbocycles. The number of nitrogens with zero attached hydrogens (tertiary/aromatic N) is 2. The zero-order chi connectivity index (χ0) is 13.4. The van der Waals surface area contributed by atoms with E-state index in [1.165, 1.54) is 12.1 Å². The Labute approximate surface area is 99.5 Å². The maximum atomic E-state index is 13.1. The van der Waals surface area contributed by atoms with Crippen molar-refractivity contribution in [3.8, 4) is 23.6 Å². The monoisotopic (exact) mass is 246 g/mol. The zero-order valence-corrected chi connectivity index (χ0v) is 8.70. The lowest BCUT2D eigenvalue weighted by atomic mass is 9.99. The van der Waals surface area contributed by atoms with Crippen LogP contribution in [0.25, 0.3) is 10.8 Å². The molecule has 0 aliphatic rings. The summed E-state index contributed by atoms with van der Waals surface area (Å²) >= 11 is 0. The Balaban J connectivity index is 3.09. The highest BCUT2D eigenvalue weighted by Gasteiger charge is 2.20. The van der Waals surface area contributed by atoms with Gasteiger partial charge in [-0.2, -0.15) is 10.5 Å². The average Bonchev–Trinajstić information content (AvgIpc) is 2.35. The normalized spacial score (nSPS) is 10.0. The van der Waals surface area contributed by atoms with Gasteiger partial charge < -0.3 is 10.2 Å². The van der Waals surface area contributed by atoms with E-state index in [0.717, 1.165) is 0 Å². The largest absolute Gasteiger partial charge is 0.506 e. The number of nitriles is 2. The molecule has 88 valence electrons. The molecule has 2 aromatic carbocycles. The molecular weight excluding hydrogens is 242 g/mol. The maximum absolute atomic E-state index is 13.1. The summed E-state index contributed by atoms with van der Waals surface area (Å²) in [5, 5.41) is 36.6. The molecule has 18 heavy (non-hydrogen) atoms. The number of fused-ring (bicyclic) bond motifs is 1. The Morgan fingerprint density at radius 1 is 0.833 bits per heavy atom. The molecule has 2 N–H and O–H groups in total. The lowest BCUT2D eigenvalue weighted by Crippen LogP contribution is -1.92. The van der Waals surface area contributed by atoms with Crippen molar-refractivity contribution >= 4 is 10.8 Å². The minimum Gasteiger partial charge on any atom is -0.506 e. The third-order valence-corrected chi connectivity index (χ3v) is 2.52. The zero-order valence-electron chi connectivity index (χ0n) is 8.70. The summed E-state index contributed by atoms with van der Waals surface area (Å²) in [5.41, 5.74) is -0.956. The summed E-state index contributed by atoms with van der Waals surface area (Å²) in [5.74, 6) is -3.79. The van der Waals surface area contributed by atoms with E-state index < -0.39 is 34.3 Å². The van der Waals surface area contributed by atoms with E-state index in [9.17, 15) is 19.0 Å². The van der Waals surface area contributed by atoms with Crippen LogP contribution in [0.1, 0.15) is 11.1 Å². The van der Waals surface area contributed by atoms with Gasteiger partial charge in [-0.15, -0.1) is 0 Å². The second kappa shape index (κ2) is 3.86. The van der Waals surface area contributed by atoms with E-state index in [-0.39, 0.29) is 10.8 Å². The van der Waals surface area contributed by atoms with Gasteiger partial charge in [0, 0.05) is 10.8 Å². The molecule has 0 spiro atoms. The number of phenols is 2. The number of rotatable bonds is 0. The van der Waals surface area contributed by atoms with Crippen molar-refractivity contribution in [1.82, 2.24) is 0 Å². The van der Waals surface area contributed by atoms with Crippen molar-refractivity contribution in [2.24, 2.45) is 0 Å². The molecule has 0 amide bonds. The van der Waals surface area contributed by atoms with Crippen LogP contribution in [0.4, 0.5) is 8.78 Å². The number of halogens is 2. The van der Waals surface area contributed by atoms with Gasteiger partial charge >= 0.3 is 0 Å². The molecule has 0 aliphatic heterocycles. The van der Waals surface area contributed by atoms with Gasteiger partial charge in [-0.1, -0.05) is 0 Å². The van der Waals surface area contributed by atoms with Crippen molar-refractivity contribution in [2.75, 3.05) is 0 Å². The molecule has 0 bridgehead atoms. The quantitative estimate of drug-likeness (QED) is 0.698. The fraction of sp³-hybridized carbons (Fsp3) is 0. The van der Waals surface area contributed by atoms with Crippen LogP contribution < -0.4 is 0 Å². The predicted molar refractivity (Wildman–Crippen MR) is 56.6 cm³/mol. The Kier molecular flexibility index (Phi) is 2.49. The minimum atomic E-state index is -1.23. The van der Waals surface area contributed by atoms with Crippen LogP contribution in [-0.2, 0) is 0 Å². The van der Waals surface area contributed by atoms with Gasteiger partial charge in [0.15, 0.2) is 11.6 Å². The van der Waals surface area contributed by atoms with Gasteiger partial charge in [0.1, 0.15) is 34.8 Å². The highest BCUT2D eigenvalue weighted by molar-refractivity contribution is 5.97. The van der Waals surface area contributed by atoms with Crippen molar-refractivity contribution in [2.45, 2.75) is 0 Å². The number of phenolic OH excluding ortho intramolecular Hbond substituents is 2. The van der Waals surface area contributed by atoms with Crippen LogP contribution in [0.3, 0.4) is 0 Å². The van der Waals surface area contributed by atoms with Crippen molar-refractivity contribution in [3.05, 3.63) is 34.9 Å². The molecule has 0 aromatic heterocycles. The fourth-order valence-electron chi connectivity index (χ4n) is 1.66. The molecule has 0 radical (unpaired) electrons.